The molecular formula is C16H14ClNO4. The maximum absolute atomic E-state index is 12.0. The maximum atomic E-state index is 12.0. The Bertz CT molecular complexity index is 698. The number of benzene rings is 2. The number of carbonyl (C=O) groups is 2. The minimum atomic E-state index is -1.14. The van der Waals surface area contributed by atoms with Crippen LogP contribution in [0.2, 0.25) is 5.02 Å². The molecule has 5 nitrogen and oxygen atoms in total. The second-order valence-electron chi connectivity index (χ2n) is 4.57. The van der Waals surface area contributed by atoms with Gasteiger partial charge in [-0.2, -0.15) is 0 Å². The second kappa shape index (κ2) is 6.95. The van der Waals surface area contributed by atoms with Crippen molar-refractivity contribution in [1.29, 1.82) is 0 Å². The van der Waals surface area contributed by atoms with Crippen LogP contribution in [-0.4, -0.2) is 24.1 Å². The highest BCUT2D eigenvalue weighted by Crippen LogP contribution is 2.21. The molecule has 0 heterocycles. The van der Waals surface area contributed by atoms with E-state index in [0.29, 0.717) is 11.4 Å². The van der Waals surface area contributed by atoms with Gasteiger partial charge in [0.15, 0.2) is 0 Å². The van der Waals surface area contributed by atoms with Crippen molar-refractivity contribution in [3.8, 4) is 5.75 Å². The fourth-order valence-corrected chi connectivity index (χ4v) is 2.10. The monoisotopic (exact) mass is 319 g/mol. The molecule has 0 atom stereocenters. The molecule has 0 radical (unpaired) electrons. The summed E-state index contributed by atoms with van der Waals surface area (Å²) in [5.74, 6) is -0.673. The van der Waals surface area contributed by atoms with E-state index in [9.17, 15) is 9.59 Å². The summed E-state index contributed by atoms with van der Waals surface area (Å²) in [6.07, 6.45) is 0.176. The van der Waals surface area contributed by atoms with Crippen molar-refractivity contribution in [2.24, 2.45) is 0 Å². The van der Waals surface area contributed by atoms with E-state index >= 15 is 0 Å². The Morgan fingerprint density at radius 2 is 1.86 bits per heavy atom. The van der Waals surface area contributed by atoms with E-state index in [4.69, 9.17) is 21.4 Å². The van der Waals surface area contributed by atoms with Crippen LogP contribution in [0.4, 0.5) is 5.69 Å². The van der Waals surface area contributed by atoms with Crippen LogP contribution in [0.5, 0.6) is 5.75 Å². The summed E-state index contributed by atoms with van der Waals surface area (Å²) in [4.78, 5) is 23.0. The number of hydrogen-bond donors (Lipinski definition) is 2. The van der Waals surface area contributed by atoms with Gasteiger partial charge in [0.2, 0.25) is 5.91 Å². The Balaban J connectivity index is 2.05. The van der Waals surface area contributed by atoms with Crippen molar-refractivity contribution < 1.29 is 19.4 Å². The Labute approximate surface area is 132 Å². The first-order valence-corrected chi connectivity index (χ1v) is 6.83. The largest absolute Gasteiger partial charge is 0.497 e. The number of anilines is 1. The van der Waals surface area contributed by atoms with Gasteiger partial charge in [0.1, 0.15) is 5.75 Å². The Morgan fingerprint density at radius 1 is 1.18 bits per heavy atom. The van der Waals surface area contributed by atoms with Crippen LogP contribution in [-0.2, 0) is 11.2 Å². The Kier molecular flexibility index (Phi) is 5.01. The van der Waals surface area contributed by atoms with Crippen LogP contribution < -0.4 is 10.1 Å². The zero-order valence-corrected chi connectivity index (χ0v) is 12.6. The van der Waals surface area contributed by atoms with Crippen molar-refractivity contribution in [1.82, 2.24) is 0 Å². The molecule has 2 N–H and O–H groups in total. The topological polar surface area (TPSA) is 75.6 Å². The lowest BCUT2D eigenvalue weighted by atomic mass is 10.1. The molecule has 114 valence electrons. The predicted octanol–water partition coefficient (Wildman–Crippen LogP) is 3.23. The highest BCUT2D eigenvalue weighted by atomic mass is 35.5. The van der Waals surface area contributed by atoms with Gasteiger partial charge in [0.25, 0.3) is 0 Å². The van der Waals surface area contributed by atoms with Crippen LogP contribution in [0.3, 0.4) is 0 Å². The molecule has 0 fully saturated rings. The van der Waals surface area contributed by atoms with Crippen molar-refractivity contribution in [2.45, 2.75) is 6.42 Å². The number of ether oxygens (including phenoxy) is 1. The molecule has 0 unspecified atom stereocenters. The van der Waals surface area contributed by atoms with Gasteiger partial charge in [-0.25, -0.2) is 4.79 Å². The van der Waals surface area contributed by atoms with Crippen LogP contribution in [0.25, 0.3) is 0 Å². The number of rotatable bonds is 5. The van der Waals surface area contributed by atoms with E-state index in [1.54, 1.807) is 37.4 Å². The maximum Gasteiger partial charge on any atom is 0.337 e. The van der Waals surface area contributed by atoms with E-state index in [1.165, 1.54) is 12.1 Å². The molecule has 2 aromatic carbocycles. The van der Waals surface area contributed by atoms with Gasteiger partial charge in [0, 0.05) is 5.69 Å². The number of halogens is 1. The first-order chi connectivity index (χ1) is 10.5. The summed E-state index contributed by atoms with van der Waals surface area (Å²) in [7, 11) is 1.57. The zero-order chi connectivity index (χ0) is 16.1. The molecule has 0 aromatic heterocycles. The summed E-state index contributed by atoms with van der Waals surface area (Å²) in [6, 6.07) is 11.5. The lowest BCUT2D eigenvalue weighted by Crippen LogP contribution is -2.14. The van der Waals surface area contributed by atoms with Gasteiger partial charge in [-0.3, -0.25) is 4.79 Å². The van der Waals surface area contributed by atoms with Crippen molar-refractivity contribution in [2.75, 3.05) is 12.4 Å². The molecule has 22 heavy (non-hydrogen) atoms. The van der Waals surface area contributed by atoms with Crippen molar-refractivity contribution in [3.63, 3.8) is 0 Å². The molecule has 0 saturated heterocycles. The SMILES string of the molecule is COc1ccc(CC(=O)Nc2ccc(Cl)c(C(=O)O)c2)cc1. The van der Waals surface area contributed by atoms with E-state index in [-0.39, 0.29) is 22.9 Å². The third kappa shape index (κ3) is 3.99. The molecule has 0 aliphatic rings. The fraction of sp³-hybridized carbons (Fsp3) is 0.125. The molecule has 0 aliphatic carbocycles. The molecular weight excluding hydrogens is 306 g/mol. The summed E-state index contributed by atoms with van der Waals surface area (Å²) < 4.78 is 5.05. The third-order valence-corrected chi connectivity index (χ3v) is 3.33. The smallest absolute Gasteiger partial charge is 0.337 e. The number of amides is 1. The summed E-state index contributed by atoms with van der Waals surface area (Å²) in [6.45, 7) is 0. The molecule has 2 aromatic rings. The molecule has 0 bridgehead atoms. The second-order valence-corrected chi connectivity index (χ2v) is 4.98. The highest BCUT2D eigenvalue weighted by Gasteiger charge is 2.11. The zero-order valence-electron chi connectivity index (χ0n) is 11.8. The van der Waals surface area contributed by atoms with E-state index in [1.807, 2.05) is 0 Å². The first-order valence-electron chi connectivity index (χ1n) is 6.45. The van der Waals surface area contributed by atoms with Gasteiger partial charge < -0.3 is 15.2 Å². The molecule has 2 rings (SSSR count). The number of aromatic carboxylic acids is 1. The third-order valence-electron chi connectivity index (χ3n) is 3.00. The fourth-order valence-electron chi connectivity index (χ4n) is 1.90. The highest BCUT2D eigenvalue weighted by molar-refractivity contribution is 6.33. The van der Waals surface area contributed by atoms with Gasteiger partial charge in [0.05, 0.1) is 24.1 Å². The van der Waals surface area contributed by atoms with Crippen LogP contribution >= 0.6 is 11.6 Å². The minimum Gasteiger partial charge on any atom is -0.497 e. The van der Waals surface area contributed by atoms with Gasteiger partial charge in [-0.1, -0.05) is 23.7 Å². The minimum absolute atomic E-state index is 0.0519. The number of carboxylic acid groups (broad SMARTS) is 1. The van der Waals surface area contributed by atoms with Gasteiger partial charge >= 0.3 is 5.97 Å². The molecule has 0 aliphatic heterocycles. The van der Waals surface area contributed by atoms with Crippen molar-refractivity contribution >= 4 is 29.2 Å². The number of nitrogens with one attached hydrogen (secondary N) is 1. The molecule has 1 amide bonds. The number of methoxy groups -OCH3 is 1. The first kappa shape index (κ1) is 15.9. The summed E-state index contributed by atoms with van der Waals surface area (Å²) in [5.41, 5.74) is 1.16. The molecule has 0 saturated carbocycles. The number of hydrogen-bond acceptors (Lipinski definition) is 3. The number of carbonyl (C=O) groups excluding carboxylic acids is 1. The van der Waals surface area contributed by atoms with Crippen LogP contribution in [0, 0.1) is 0 Å². The van der Waals surface area contributed by atoms with Crippen LogP contribution in [0.15, 0.2) is 42.5 Å². The number of carboxylic acids is 1. The normalized spacial score (nSPS) is 10.1. The van der Waals surface area contributed by atoms with Crippen molar-refractivity contribution in [3.05, 3.63) is 58.6 Å². The van der Waals surface area contributed by atoms with E-state index < -0.39 is 5.97 Å². The standard InChI is InChI=1S/C16H14ClNO4/c1-22-12-5-2-10(3-6-12)8-15(19)18-11-4-7-14(17)13(9-11)16(20)21/h2-7,9H,8H2,1H3,(H,18,19)(H,20,21). The van der Waals surface area contributed by atoms with Gasteiger partial charge in [-0.05, 0) is 35.9 Å². The molecule has 6 heteroatoms. The average molecular weight is 320 g/mol. The molecule has 0 spiro atoms. The van der Waals surface area contributed by atoms with Crippen LogP contribution in [0.1, 0.15) is 15.9 Å². The summed E-state index contributed by atoms with van der Waals surface area (Å²) in [5, 5.41) is 11.8. The lowest BCUT2D eigenvalue weighted by Gasteiger charge is -2.08. The summed E-state index contributed by atoms with van der Waals surface area (Å²) >= 11 is 5.78. The Hall–Kier alpha value is -2.53. The lowest BCUT2D eigenvalue weighted by molar-refractivity contribution is -0.115. The van der Waals surface area contributed by atoms with E-state index in [0.717, 1.165) is 5.56 Å². The van der Waals surface area contributed by atoms with Gasteiger partial charge in [-0.15, -0.1) is 0 Å². The average Bonchev–Trinajstić information content (AvgIpc) is 2.49. The Morgan fingerprint density at radius 3 is 2.45 bits per heavy atom. The van der Waals surface area contributed by atoms with E-state index in [2.05, 4.69) is 5.32 Å². The predicted molar refractivity (Wildman–Crippen MR) is 83.7 cm³/mol. The quantitative estimate of drug-likeness (QED) is 0.887.